The Balaban J connectivity index is 1.96. The molecule has 22 heavy (non-hydrogen) atoms. The number of aromatic nitrogens is 1. The van der Waals surface area contributed by atoms with Crippen molar-refractivity contribution >= 4 is 10.0 Å². The zero-order chi connectivity index (χ0) is 16.4. The fourth-order valence-electron chi connectivity index (χ4n) is 3.04. The van der Waals surface area contributed by atoms with Crippen LogP contribution in [-0.2, 0) is 21.2 Å². The third-order valence-electron chi connectivity index (χ3n) is 4.24. The van der Waals surface area contributed by atoms with Crippen LogP contribution in [0.15, 0.2) is 4.52 Å². The lowest BCUT2D eigenvalue weighted by molar-refractivity contribution is -0.0770. The lowest BCUT2D eigenvalue weighted by Gasteiger charge is -2.41. The van der Waals surface area contributed by atoms with Gasteiger partial charge in [-0.2, -0.15) is 0 Å². The summed E-state index contributed by atoms with van der Waals surface area (Å²) in [6.07, 6.45) is 3.24. The van der Waals surface area contributed by atoms with Gasteiger partial charge in [0, 0.05) is 18.2 Å². The zero-order valence-corrected chi connectivity index (χ0v) is 14.6. The third kappa shape index (κ3) is 4.08. The minimum Gasteiger partial charge on any atom is -0.374 e. The lowest BCUT2D eigenvalue weighted by atomic mass is 9.82. The molecule has 0 aliphatic heterocycles. The molecule has 1 aromatic heterocycles. The van der Waals surface area contributed by atoms with E-state index in [0.29, 0.717) is 13.0 Å². The highest BCUT2D eigenvalue weighted by Gasteiger charge is 2.42. The predicted octanol–water partition coefficient (Wildman–Crippen LogP) is 2.10. The Morgan fingerprint density at radius 1 is 1.41 bits per heavy atom. The molecule has 1 aromatic rings. The van der Waals surface area contributed by atoms with E-state index in [1.54, 1.807) is 0 Å². The largest absolute Gasteiger partial charge is 0.374 e. The lowest BCUT2D eigenvalue weighted by Crippen LogP contribution is -2.50. The molecule has 1 aliphatic carbocycles. The molecule has 0 aromatic carbocycles. The van der Waals surface area contributed by atoms with Crippen LogP contribution in [0.25, 0.3) is 0 Å². The molecule has 0 spiro atoms. The van der Waals surface area contributed by atoms with Gasteiger partial charge in [-0.05, 0) is 53.4 Å². The van der Waals surface area contributed by atoms with Crippen LogP contribution in [0, 0.1) is 13.8 Å². The van der Waals surface area contributed by atoms with E-state index < -0.39 is 15.6 Å². The third-order valence-corrected chi connectivity index (χ3v) is 5.91. The van der Waals surface area contributed by atoms with Gasteiger partial charge in [0.1, 0.15) is 5.76 Å². The number of nitrogens with zero attached hydrogens (tertiary/aromatic N) is 1. The first-order valence-corrected chi connectivity index (χ1v) is 9.48. The average Bonchev–Trinajstić information content (AvgIpc) is 2.67. The van der Waals surface area contributed by atoms with Gasteiger partial charge < -0.3 is 9.26 Å². The molecule has 7 heteroatoms. The Hall–Kier alpha value is -0.920. The normalized spacial score (nSPS) is 18.9. The van der Waals surface area contributed by atoms with E-state index in [1.165, 1.54) is 0 Å². The van der Waals surface area contributed by atoms with Gasteiger partial charge in [0.15, 0.2) is 0 Å². The minimum absolute atomic E-state index is 0.0414. The first-order valence-electron chi connectivity index (χ1n) is 7.82. The van der Waals surface area contributed by atoms with E-state index in [-0.39, 0.29) is 11.8 Å². The van der Waals surface area contributed by atoms with Gasteiger partial charge in [0.25, 0.3) is 0 Å². The number of hydrogen-bond acceptors (Lipinski definition) is 5. The van der Waals surface area contributed by atoms with Crippen molar-refractivity contribution in [2.45, 2.75) is 65.0 Å². The second kappa shape index (κ2) is 6.68. The van der Waals surface area contributed by atoms with Gasteiger partial charge in [-0.1, -0.05) is 5.16 Å². The van der Waals surface area contributed by atoms with Crippen molar-refractivity contribution in [2.24, 2.45) is 0 Å². The van der Waals surface area contributed by atoms with Crippen molar-refractivity contribution in [3.63, 3.8) is 0 Å². The van der Waals surface area contributed by atoms with Gasteiger partial charge >= 0.3 is 0 Å². The number of aryl methyl sites for hydroxylation is 2. The molecule has 2 rings (SSSR count). The SMILES string of the molecule is CCOC1(CS(=O)(=O)N[C@H](C)Cc2c(C)noc2C)CCC1. The molecule has 0 amide bonds. The van der Waals surface area contributed by atoms with E-state index in [2.05, 4.69) is 9.88 Å². The Bertz CT molecular complexity index is 586. The van der Waals surface area contributed by atoms with E-state index in [9.17, 15) is 8.42 Å². The summed E-state index contributed by atoms with van der Waals surface area (Å²) in [7, 11) is -3.38. The fraction of sp³-hybridized carbons (Fsp3) is 0.800. The second-order valence-electron chi connectivity index (χ2n) is 6.25. The van der Waals surface area contributed by atoms with Crippen LogP contribution in [0.3, 0.4) is 0 Å². The second-order valence-corrected chi connectivity index (χ2v) is 8.01. The summed E-state index contributed by atoms with van der Waals surface area (Å²) < 4.78 is 38.3. The van der Waals surface area contributed by atoms with E-state index >= 15 is 0 Å². The van der Waals surface area contributed by atoms with Crippen LogP contribution in [0.5, 0.6) is 0 Å². The van der Waals surface area contributed by atoms with Crippen molar-refractivity contribution in [1.82, 2.24) is 9.88 Å². The molecule has 1 N–H and O–H groups in total. The fourth-order valence-corrected chi connectivity index (χ4v) is 4.89. The molecule has 0 saturated heterocycles. The van der Waals surface area contributed by atoms with Crippen molar-refractivity contribution in [2.75, 3.05) is 12.4 Å². The number of ether oxygens (including phenoxy) is 1. The topological polar surface area (TPSA) is 81.4 Å². The van der Waals surface area contributed by atoms with Crippen LogP contribution in [0.4, 0.5) is 0 Å². The Morgan fingerprint density at radius 3 is 2.55 bits per heavy atom. The maximum absolute atomic E-state index is 12.4. The molecule has 0 radical (unpaired) electrons. The summed E-state index contributed by atoms with van der Waals surface area (Å²) in [4.78, 5) is 0. The summed E-state index contributed by atoms with van der Waals surface area (Å²) in [6, 6.07) is -0.208. The first-order chi connectivity index (χ1) is 10.3. The molecule has 1 fully saturated rings. The van der Waals surface area contributed by atoms with Crippen molar-refractivity contribution in [3.8, 4) is 0 Å². The van der Waals surface area contributed by atoms with Crippen LogP contribution in [-0.4, -0.2) is 37.6 Å². The molecule has 1 heterocycles. The van der Waals surface area contributed by atoms with Crippen molar-refractivity contribution in [1.29, 1.82) is 0 Å². The Kier molecular flexibility index (Phi) is 5.29. The molecule has 1 saturated carbocycles. The molecular weight excluding hydrogens is 304 g/mol. The summed E-state index contributed by atoms with van der Waals surface area (Å²) in [5.41, 5.74) is 1.30. The maximum Gasteiger partial charge on any atom is 0.214 e. The van der Waals surface area contributed by atoms with Crippen LogP contribution in [0.2, 0.25) is 0 Å². The van der Waals surface area contributed by atoms with Crippen molar-refractivity contribution < 1.29 is 17.7 Å². The Morgan fingerprint density at radius 2 is 2.09 bits per heavy atom. The van der Waals surface area contributed by atoms with Gasteiger partial charge in [-0.15, -0.1) is 0 Å². The quantitative estimate of drug-likeness (QED) is 0.789. The monoisotopic (exact) mass is 330 g/mol. The number of rotatable bonds is 8. The number of hydrogen-bond donors (Lipinski definition) is 1. The number of sulfonamides is 1. The highest BCUT2D eigenvalue weighted by Crippen LogP contribution is 2.36. The standard InChI is InChI=1S/C15H26N2O4S/c1-5-20-15(7-6-8-15)10-22(18,19)17-11(2)9-14-12(3)16-21-13(14)4/h11,17H,5-10H2,1-4H3/t11-/m1/s1. The van der Waals surface area contributed by atoms with Gasteiger partial charge in [-0.25, -0.2) is 13.1 Å². The molecule has 6 nitrogen and oxygen atoms in total. The molecule has 0 unspecified atom stereocenters. The van der Waals surface area contributed by atoms with Gasteiger partial charge in [0.05, 0.1) is 17.0 Å². The first kappa shape index (κ1) is 17.4. The summed E-state index contributed by atoms with van der Waals surface area (Å²) in [6.45, 7) is 8.02. The maximum atomic E-state index is 12.4. The van der Waals surface area contributed by atoms with E-state index in [1.807, 2.05) is 27.7 Å². The summed E-state index contributed by atoms with van der Waals surface area (Å²) >= 11 is 0. The predicted molar refractivity (Wildman–Crippen MR) is 84.3 cm³/mol. The zero-order valence-electron chi connectivity index (χ0n) is 13.8. The minimum atomic E-state index is -3.38. The van der Waals surface area contributed by atoms with Crippen LogP contribution < -0.4 is 4.72 Å². The molecule has 0 bridgehead atoms. The smallest absolute Gasteiger partial charge is 0.214 e. The highest BCUT2D eigenvalue weighted by molar-refractivity contribution is 7.89. The molecule has 126 valence electrons. The average molecular weight is 330 g/mol. The Labute approximate surface area is 132 Å². The molecule has 1 atom stereocenters. The van der Waals surface area contributed by atoms with Gasteiger partial charge in [-0.3, -0.25) is 0 Å². The summed E-state index contributed by atoms with van der Waals surface area (Å²) in [5, 5.41) is 3.90. The van der Waals surface area contributed by atoms with Crippen LogP contribution >= 0.6 is 0 Å². The highest BCUT2D eigenvalue weighted by atomic mass is 32.2. The van der Waals surface area contributed by atoms with Crippen LogP contribution in [0.1, 0.15) is 50.1 Å². The molecule has 1 aliphatic rings. The van der Waals surface area contributed by atoms with Gasteiger partial charge in [0.2, 0.25) is 10.0 Å². The van der Waals surface area contributed by atoms with E-state index in [0.717, 1.165) is 36.3 Å². The van der Waals surface area contributed by atoms with E-state index in [4.69, 9.17) is 9.26 Å². The van der Waals surface area contributed by atoms with Crippen molar-refractivity contribution in [3.05, 3.63) is 17.0 Å². The molecular formula is C15H26N2O4S. The number of nitrogens with one attached hydrogen (secondary N) is 1. The summed E-state index contributed by atoms with van der Waals surface area (Å²) in [5.74, 6) is 0.785.